The molecule has 0 heterocycles. The van der Waals surface area contributed by atoms with Gasteiger partial charge >= 0.3 is 6.18 Å². The number of phenols is 1. The Morgan fingerprint density at radius 1 is 1.40 bits per heavy atom. The Hall–Kier alpha value is -1.52. The van der Waals surface area contributed by atoms with Crippen LogP contribution in [0.25, 0.3) is 0 Å². The summed E-state index contributed by atoms with van der Waals surface area (Å²) < 4.78 is 36.6. The van der Waals surface area contributed by atoms with Gasteiger partial charge in [-0.2, -0.15) is 13.2 Å². The molecule has 0 spiro atoms. The van der Waals surface area contributed by atoms with Crippen LogP contribution >= 0.6 is 0 Å². The maximum absolute atomic E-state index is 12.2. The summed E-state index contributed by atoms with van der Waals surface area (Å²) in [4.78, 5) is 11.2. The number of alkyl halides is 3. The molecule has 0 radical (unpaired) electrons. The zero-order valence-electron chi connectivity index (χ0n) is 7.93. The molecule has 1 rings (SSSR count). The molecule has 2 nitrogen and oxygen atoms in total. The predicted octanol–water partition coefficient (Wildman–Crippen LogP) is 3.00. The lowest BCUT2D eigenvalue weighted by atomic mass is 10.0. The maximum atomic E-state index is 12.2. The molecule has 0 saturated heterocycles. The van der Waals surface area contributed by atoms with Crippen molar-refractivity contribution in [1.29, 1.82) is 0 Å². The summed E-state index contributed by atoms with van der Waals surface area (Å²) in [6, 6.07) is 2.33. The SMILES string of the molecule is CCC(=O)c1ccc(C(F)(F)F)cc1O. The highest BCUT2D eigenvalue weighted by Gasteiger charge is 2.31. The van der Waals surface area contributed by atoms with Crippen LogP contribution in [-0.4, -0.2) is 10.9 Å². The standard InChI is InChI=1S/C10H9F3O2/c1-2-8(14)7-4-3-6(5-9(7)15)10(11,12)13/h3-5,15H,2H2,1H3. The third-order valence-electron chi connectivity index (χ3n) is 1.95. The summed E-state index contributed by atoms with van der Waals surface area (Å²) in [5, 5.41) is 9.24. The highest BCUT2D eigenvalue weighted by molar-refractivity contribution is 5.98. The minimum Gasteiger partial charge on any atom is -0.507 e. The van der Waals surface area contributed by atoms with Gasteiger partial charge in [0, 0.05) is 6.42 Å². The number of benzene rings is 1. The van der Waals surface area contributed by atoms with Gasteiger partial charge in [0.25, 0.3) is 0 Å². The van der Waals surface area contributed by atoms with Gasteiger partial charge in [-0.05, 0) is 18.2 Å². The summed E-state index contributed by atoms with van der Waals surface area (Å²) in [6.07, 6.45) is -4.37. The molecule has 0 aromatic heterocycles. The number of ketones is 1. The Morgan fingerprint density at radius 2 is 2.00 bits per heavy atom. The summed E-state index contributed by atoms with van der Waals surface area (Å²) >= 11 is 0. The minimum absolute atomic E-state index is 0.0782. The molecule has 1 aromatic rings. The number of aromatic hydroxyl groups is 1. The number of phenolic OH excluding ortho intramolecular Hbond substituents is 1. The number of rotatable bonds is 2. The number of halogens is 3. The maximum Gasteiger partial charge on any atom is 0.416 e. The minimum atomic E-state index is -4.51. The molecule has 0 unspecified atom stereocenters. The van der Waals surface area contributed by atoms with Crippen LogP contribution < -0.4 is 0 Å². The van der Waals surface area contributed by atoms with Crippen molar-refractivity contribution < 1.29 is 23.1 Å². The first-order valence-corrected chi connectivity index (χ1v) is 4.29. The van der Waals surface area contributed by atoms with Gasteiger partial charge in [-0.3, -0.25) is 4.79 Å². The van der Waals surface area contributed by atoms with E-state index in [9.17, 15) is 23.1 Å². The van der Waals surface area contributed by atoms with Crippen LogP contribution in [0.15, 0.2) is 18.2 Å². The fourth-order valence-corrected chi connectivity index (χ4v) is 1.13. The van der Waals surface area contributed by atoms with Gasteiger partial charge in [-0.1, -0.05) is 6.92 Å². The molecular formula is C10H9F3O2. The van der Waals surface area contributed by atoms with Crippen molar-refractivity contribution in [3.05, 3.63) is 29.3 Å². The second-order valence-corrected chi connectivity index (χ2v) is 3.01. The van der Waals surface area contributed by atoms with Crippen LogP contribution in [0.3, 0.4) is 0 Å². The Labute approximate surface area is 84.3 Å². The Kier molecular flexibility index (Phi) is 3.02. The van der Waals surface area contributed by atoms with Gasteiger partial charge in [0.1, 0.15) is 5.75 Å². The fourth-order valence-electron chi connectivity index (χ4n) is 1.13. The van der Waals surface area contributed by atoms with Crippen LogP contribution in [0.4, 0.5) is 13.2 Å². The first kappa shape index (κ1) is 11.6. The molecule has 0 saturated carbocycles. The van der Waals surface area contributed by atoms with Crippen LogP contribution in [0.1, 0.15) is 29.3 Å². The lowest BCUT2D eigenvalue weighted by Gasteiger charge is -2.08. The molecule has 0 aliphatic heterocycles. The molecular weight excluding hydrogens is 209 g/mol. The van der Waals surface area contributed by atoms with Gasteiger partial charge in [0.05, 0.1) is 11.1 Å². The monoisotopic (exact) mass is 218 g/mol. The first-order valence-electron chi connectivity index (χ1n) is 4.29. The van der Waals surface area contributed by atoms with Crippen molar-refractivity contribution in [2.45, 2.75) is 19.5 Å². The topological polar surface area (TPSA) is 37.3 Å². The van der Waals surface area contributed by atoms with Crippen LogP contribution in [0, 0.1) is 0 Å². The first-order chi connectivity index (χ1) is 6.86. The van der Waals surface area contributed by atoms with Crippen LogP contribution in [0.5, 0.6) is 5.75 Å². The molecule has 1 aromatic carbocycles. The van der Waals surface area contributed by atoms with Crippen molar-refractivity contribution >= 4 is 5.78 Å². The average Bonchev–Trinajstić information content (AvgIpc) is 2.15. The van der Waals surface area contributed by atoms with E-state index in [0.717, 1.165) is 12.1 Å². The zero-order chi connectivity index (χ0) is 11.6. The van der Waals surface area contributed by atoms with Gasteiger partial charge in [0.2, 0.25) is 0 Å². The molecule has 0 bridgehead atoms. The van der Waals surface area contributed by atoms with E-state index in [0.29, 0.717) is 6.07 Å². The molecule has 1 N–H and O–H groups in total. The van der Waals surface area contributed by atoms with E-state index in [-0.39, 0.29) is 17.8 Å². The van der Waals surface area contributed by atoms with E-state index in [1.54, 1.807) is 6.92 Å². The Morgan fingerprint density at radius 3 is 2.40 bits per heavy atom. The average molecular weight is 218 g/mol. The lowest BCUT2D eigenvalue weighted by molar-refractivity contribution is -0.137. The smallest absolute Gasteiger partial charge is 0.416 e. The number of carbonyl (C=O) groups is 1. The summed E-state index contributed by atoms with van der Waals surface area (Å²) in [7, 11) is 0. The molecule has 5 heteroatoms. The molecule has 15 heavy (non-hydrogen) atoms. The van der Waals surface area contributed by atoms with Crippen LogP contribution in [-0.2, 0) is 6.18 Å². The number of carbonyl (C=O) groups excluding carboxylic acids is 1. The van der Waals surface area contributed by atoms with E-state index in [1.165, 1.54) is 0 Å². The quantitative estimate of drug-likeness (QED) is 0.774. The number of hydrogen-bond donors (Lipinski definition) is 1. The van der Waals surface area contributed by atoms with Crippen molar-refractivity contribution in [2.24, 2.45) is 0 Å². The second-order valence-electron chi connectivity index (χ2n) is 3.01. The third kappa shape index (κ3) is 2.49. The highest BCUT2D eigenvalue weighted by Crippen LogP contribution is 2.32. The third-order valence-corrected chi connectivity index (χ3v) is 1.95. The molecule has 0 atom stereocenters. The van der Waals surface area contributed by atoms with Crippen molar-refractivity contribution in [2.75, 3.05) is 0 Å². The van der Waals surface area contributed by atoms with Crippen molar-refractivity contribution in [3.63, 3.8) is 0 Å². The van der Waals surface area contributed by atoms with Gasteiger partial charge in [-0.25, -0.2) is 0 Å². The Balaban J connectivity index is 3.15. The lowest BCUT2D eigenvalue weighted by Crippen LogP contribution is -2.06. The largest absolute Gasteiger partial charge is 0.507 e. The van der Waals surface area contributed by atoms with E-state index >= 15 is 0 Å². The van der Waals surface area contributed by atoms with E-state index in [2.05, 4.69) is 0 Å². The van der Waals surface area contributed by atoms with Crippen LogP contribution in [0.2, 0.25) is 0 Å². The zero-order valence-corrected chi connectivity index (χ0v) is 7.93. The highest BCUT2D eigenvalue weighted by atomic mass is 19.4. The van der Waals surface area contributed by atoms with E-state index < -0.39 is 17.5 Å². The molecule has 0 fully saturated rings. The van der Waals surface area contributed by atoms with Crippen molar-refractivity contribution in [3.8, 4) is 5.75 Å². The molecule has 0 aliphatic carbocycles. The van der Waals surface area contributed by atoms with Gasteiger partial charge < -0.3 is 5.11 Å². The van der Waals surface area contributed by atoms with E-state index in [4.69, 9.17) is 0 Å². The number of hydrogen-bond acceptors (Lipinski definition) is 2. The number of Topliss-reactive ketones (excluding diaryl/α,β-unsaturated/α-hetero) is 1. The summed E-state index contributed by atoms with van der Waals surface area (Å²) in [5.74, 6) is -1.02. The summed E-state index contributed by atoms with van der Waals surface area (Å²) in [5.41, 5.74) is -1.04. The van der Waals surface area contributed by atoms with Crippen molar-refractivity contribution in [1.82, 2.24) is 0 Å². The predicted molar refractivity (Wildman–Crippen MR) is 47.7 cm³/mol. The molecule has 0 aliphatic rings. The molecule has 82 valence electrons. The second kappa shape index (κ2) is 3.92. The fraction of sp³-hybridized carbons (Fsp3) is 0.300. The molecule has 0 amide bonds. The normalized spacial score (nSPS) is 11.5. The van der Waals surface area contributed by atoms with E-state index in [1.807, 2.05) is 0 Å². The van der Waals surface area contributed by atoms with Gasteiger partial charge in [0.15, 0.2) is 5.78 Å². The van der Waals surface area contributed by atoms with Gasteiger partial charge in [-0.15, -0.1) is 0 Å². The summed E-state index contributed by atoms with van der Waals surface area (Å²) in [6.45, 7) is 1.57. The Bertz CT molecular complexity index is 383.